The van der Waals surface area contributed by atoms with Crippen molar-refractivity contribution in [2.24, 2.45) is 7.05 Å². The average Bonchev–Trinajstić information content (AvgIpc) is 3.42. The number of furan rings is 1. The Balaban J connectivity index is 1.48. The van der Waals surface area contributed by atoms with Crippen molar-refractivity contribution in [3.05, 3.63) is 64.2 Å². The molecule has 0 radical (unpaired) electrons. The Morgan fingerprint density at radius 1 is 1.30 bits per heavy atom. The van der Waals surface area contributed by atoms with E-state index in [0.717, 1.165) is 27.9 Å². The Kier molecular flexibility index (Phi) is 5.46. The number of aromatic nitrogens is 2. The monoisotopic (exact) mass is 482 g/mol. The fraction of sp³-hybridized carbons (Fsp3) is 0.300. The first-order valence-corrected chi connectivity index (χ1v) is 9.98. The normalized spacial score (nSPS) is 19.2. The number of hydrogen-bond acceptors (Lipinski definition) is 4. The molecule has 0 bridgehead atoms. The average molecular weight is 483 g/mol. The smallest absolute Gasteiger partial charge is 0.416 e. The van der Waals surface area contributed by atoms with E-state index >= 15 is 0 Å². The summed E-state index contributed by atoms with van der Waals surface area (Å²) in [5.41, 5.74) is 1.53. The highest BCUT2D eigenvalue weighted by atomic mass is 79.9. The van der Waals surface area contributed by atoms with Crippen molar-refractivity contribution in [1.29, 1.82) is 0 Å². The first-order chi connectivity index (χ1) is 14.2. The van der Waals surface area contributed by atoms with Gasteiger partial charge in [-0.3, -0.25) is 9.48 Å². The maximum absolute atomic E-state index is 12.8. The molecule has 1 fully saturated rings. The maximum atomic E-state index is 12.8. The first-order valence-electron chi connectivity index (χ1n) is 9.19. The van der Waals surface area contributed by atoms with Crippen LogP contribution in [0.25, 0.3) is 11.3 Å². The number of aryl methyl sites for hydroxylation is 1. The van der Waals surface area contributed by atoms with E-state index in [0.29, 0.717) is 18.7 Å². The van der Waals surface area contributed by atoms with Gasteiger partial charge >= 0.3 is 6.18 Å². The molecule has 1 aliphatic rings. The second kappa shape index (κ2) is 7.92. The van der Waals surface area contributed by atoms with Gasteiger partial charge in [0.2, 0.25) is 0 Å². The zero-order valence-electron chi connectivity index (χ0n) is 15.8. The zero-order valence-corrected chi connectivity index (χ0v) is 17.4. The fourth-order valence-corrected chi connectivity index (χ4v) is 4.23. The van der Waals surface area contributed by atoms with Gasteiger partial charge in [-0.1, -0.05) is 12.1 Å². The molecule has 0 unspecified atom stereocenters. The maximum Gasteiger partial charge on any atom is 0.416 e. The van der Waals surface area contributed by atoms with Gasteiger partial charge in [0.1, 0.15) is 6.26 Å². The number of nitrogens with one attached hydrogen (secondary N) is 2. The predicted molar refractivity (Wildman–Crippen MR) is 107 cm³/mol. The molecule has 1 aromatic carbocycles. The fourth-order valence-electron chi connectivity index (χ4n) is 3.65. The van der Waals surface area contributed by atoms with Gasteiger partial charge in [0.15, 0.2) is 5.76 Å². The van der Waals surface area contributed by atoms with Gasteiger partial charge in [-0.15, -0.1) is 0 Å². The third kappa shape index (κ3) is 4.01. The number of halogens is 4. The van der Waals surface area contributed by atoms with Crippen molar-refractivity contribution in [2.45, 2.75) is 18.1 Å². The van der Waals surface area contributed by atoms with Gasteiger partial charge in [0.05, 0.1) is 21.9 Å². The quantitative estimate of drug-likeness (QED) is 0.590. The minimum Gasteiger partial charge on any atom is -0.458 e. The van der Waals surface area contributed by atoms with Crippen LogP contribution in [0.4, 0.5) is 13.2 Å². The van der Waals surface area contributed by atoms with Crippen molar-refractivity contribution >= 4 is 21.8 Å². The van der Waals surface area contributed by atoms with Crippen molar-refractivity contribution in [2.75, 3.05) is 13.1 Å². The third-order valence-electron chi connectivity index (χ3n) is 5.19. The zero-order chi connectivity index (χ0) is 21.5. The summed E-state index contributed by atoms with van der Waals surface area (Å²) in [7, 11) is 1.78. The highest BCUT2D eigenvalue weighted by Gasteiger charge is 2.33. The predicted octanol–water partition coefficient (Wildman–Crippen LogP) is 3.95. The Hall–Kier alpha value is -2.59. The molecule has 10 heteroatoms. The van der Waals surface area contributed by atoms with E-state index in [9.17, 15) is 18.0 Å². The lowest BCUT2D eigenvalue weighted by Crippen LogP contribution is -2.39. The van der Waals surface area contributed by atoms with E-state index in [4.69, 9.17) is 4.42 Å². The minimum atomic E-state index is -4.38. The van der Waals surface area contributed by atoms with Gasteiger partial charge in [0, 0.05) is 37.7 Å². The second-order valence-electron chi connectivity index (χ2n) is 7.13. The molecule has 2 aromatic heterocycles. The molecule has 3 aromatic rings. The Labute approximate surface area is 178 Å². The summed E-state index contributed by atoms with van der Waals surface area (Å²) in [5, 5.41) is 10.2. The van der Waals surface area contributed by atoms with Crippen molar-refractivity contribution < 1.29 is 22.4 Å². The molecule has 2 atom stereocenters. The lowest BCUT2D eigenvalue weighted by molar-refractivity contribution is -0.137. The van der Waals surface area contributed by atoms with Crippen molar-refractivity contribution in [3.63, 3.8) is 0 Å². The van der Waals surface area contributed by atoms with E-state index in [2.05, 4.69) is 31.7 Å². The number of amides is 1. The highest BCUT2D eigenvalue weighted by molar-refractivity contribution is 9.10. The molecule has 3 heterocycles. The van der Waals surface area contributed by atoms with Crippen LogP contribution < -0.4 is 10.6 Å². The lowest BCUT2D eigenvalue weighted by atomic mass is 9.93. The molecule has 1 aliphatic heterocycles. The Morgan fingerprint density at radius 3 is 2.67 bits per heavy atom. The molecular weight excluding hydrogens is 465 g/mol. The van der Waals surface area contributed by atoms with Gasteiger partial charge in [-0.05, 0) is 39.7 Å². The number of hydrogen-bond donors (Lipinski definition) is 2. The molecule has 1 amide bonds. The second-order valence-corrected chi connectivity index (χ2v) is 7.98. The summed E-state index contributed by atoms with van der Waals surface area (Å²) in [6.45, 7) is 1.07. The molecule has 1 saturated heterocycles. The number of rotatable bonds is 4. The Morgan fingerprint density at radius 2 is 2.03 bits per heavy atom. The van der Waals surface area contributed by atoms with E-state index in [-0.39, 0.29) is 23.6 Å². The lowest BCUT2D eigenvalue weighted by Gasteiger charge is -2.20. The van der Waals surface area contributed by atoms with Gasteiger partial charge < -0.3 is 15.1 Å². The molecule has 6 nitrogen and oxygen atoms in total. The summed E-state index contributed by atoms with van der Waals surface area (Å²) in [6.07, 6.45) is -1.24. The van der Waals surface area contributed by atoms with Crippen molar-refractivity contribution in [3.8, 4) is 11.3 Å². The van der Waals surface area contributed by atoms with Crippen LogP contribution in [0.1, 0.15) is 27.6 Å². The number of nitrogens with zero attached hydrogens (tertiary/aromatic N) is 2. The SMILES string of the molecule is Cn1ncc(Br)c1-c1coc(C(=O)N[C@H]2CNC[C@@H]2c2ccc(C(F)(F)F)cc2)c1. The topological polar surface area (TPSA) is 72.1 Å². The van der Waals surface area contributed by atoms with Crippen LogP contribution in [0.2, 0.25) is 0 Å². The summed E-state index contributed by atoms with van der Waals surface area (Å²) >= 11 is 3.42. The van der Waals surface area contributed by atoms with Gasteiger partial charge in [-0.25, -0.2) is 0 Å². The number of benzene rings is 1. The number of alkyl halides is 3. The summed E-state index contributed by atoms with van der Waals surface area (Å²) in [6, 6.07) is 6.42. The van der Waals surface area contributed by atoms with Crippen LogP contribution in [-0.2, 0) is 13.2 Å². The van der Waals surface area contributed by atoms with Crippen LogP contribution in [0.5, 0.6) is 0 Å². The van der Waals surface area contributed by atoms with Crippen LogP contribution >= 0.6 is 15.9 Å². The van der Waals surface area contributed by atoms with Crippen LogP contribution in [-0.4, -0.2) is 34.8 Å². The Bertz CT molecular complexity index is 1040. The van der Waals surface area contributed by atoms with E-state index < -0.39 is 11.7 Å². The van der Waals surface area contributed by atoms with E-state index in [1.54, 1.807) is 24.0 Å². The largest absolute Gasteiger partial charge is 0.458 e. The highest BCUT2D eigenvalue weighted by Crippen LogP contribution is 2.32. The summed E-state index contributed by atoms with van der Waals surface area (Å²) in [5.74, 6) is -0.377. The van der Waals surface area contributed by atoms with E-state index in [1.165, 1.54) is 18.4 Å². The summed E-state index contributed by atoms with van der Waals surface area (Å²) < 4.78 is 46.3. The van der Waals surface area contributed by atoms with Crippen molar-refractivity contribution in [1.82, 2.24) is 20.4 Å². The van der Waals surface area contributed by atoms with E-state index in [1.807, 2.05) is 0 Å². The van der Waals surface area contributed by atoms with Gasteiger partial charge in [-0.2, -0.15) is 18.3 Å². The molecule has 0 aliphatic carbocycles. The first kappa shape index (κ1) is 20.7. The molecule has 158 valence electrons. The molecule has 30 heavy (non-hydrogen) atoms. The molecule has 2 N–H and O–H groups in total. The molecule has 0 saturated carbocycles. The number of carbonyl (C=O) groups is 1. The van der Waals surface area contributed by atoms with Gasteiger partial charge in [0.25, 0.3) is 5.91 Å². The molecular formula is C20H18BrF3N4O2. The van der Waals surface area contributed by atoms with Crippen LogP contribution in [0.15, 0.2) is 51.7 Å². The molecule has 0 spiro atoms. The molecule has 4 rings (SSSR count). The third-order valence-corrected chi connectivity index (χ3v) is 5.77. The van der Waals surface area contributed by atoms with Crippen LogP contribution in [0, 0.1) is 0 Å². The standard InChI is InChI=1S/C20H18BrF3N4O2/c1-28-18(15(21)8-26-28)12-6-17(30-10-12)19(29)27-16-9-25-7-14(16)11-2-4-13(5-3-11)20(22,23)24/h2-6,8,10,14,16,25H,7,9H2,1H3,(H,27,29)/t14-,16+/m1/s1. The summed E-state index contributed by atoms with van der Waals surface area (Å²) in [4.78, 5) is 12.7. The minimum absolute atomic E-state index is 0.142. The number of carbonyl (C=O) groups excluding carboxylic acids is 1. The van der Waals surface area contributed by atoms with Crippen LogP contribution in [0.3, 0.4) is 0 Å².